The van der Waals surface area contributed by atoms with E-state index in [1.165, 1.54) is 0 Å². The summed E-state index contributed by atoms with van der Waals surface area (Å²) in [6, 6.07) is 9.40. The van der Waals surface area contributed by atoms with Gasteiger partial charge in [0, 0.05) is 12.6 Å². The van der Waals surface area contributed by atoms with E-state index in [0.717, 1.165) is 5.56 Å². The molecule has 5 heteroatoms. The predicted octanol–water partition coefficient (Wildman–Crippen LogP) is -0.666. The molecule has 2 unspecified atom stereocenters. The molecule has 0 spiro atoms. The molecule has 0 heterocycles. The van der Waals surface area contributed by atoms with Gasteiger partial charge in [0.1, 0.15) is 0 Å². The SMILES string of the molecule is CN(CC(N)=O)CC(O)C(N)Cc1ccccc1. The quantitative estimate of drug-likeness (QED) is 0.599. The van der Waals surface area contributed by atoms with Crippen molar-refractivity contribution in [2.45, 2.75) is 18.6 Å². The first kappa shape index (κ1) is 14.6. The topological polar surface area (TPSA) is 92.6 Å². The van der Waals surface area contributed by atoms with Crippen molar-refractivity contribution in [3.63, 3.8) is 0 Å². The molecule has 0 aliphatic heterocycles. The smallest absolute Gasteiger partial charge is 0.231 e. The number of benzene rings is 1. The summed E-state index contributed by atoms with van der Waals surface area (Å²) in [5.41, 5.74) is 12.1. The van der Waals surface area contributed by atoms with Crippen molar-refractivity contribution in [3.05, 3.63) is 35.9 Å². The number of nitrogens with zero attached hydrogens (tertiary/aromatic N) is 1. The number of hydrogen-bond acceptors (Lipinski definition) is 4. The Morgan fingerprint density at radius 2 is 2.00 bits per heavy atom. The molecule has 0 aliphatic rings. The van der Waals surface area contributed by atoms with Gasteiger partial charge in [-0.3, -0.25) is 9.69 Å². The van der Waals surface area contributed by atoms with Gasteiger partial charge in [0.15, 0.2) is 0 Å². The number of amides is 1. The highest BCUT2D eigenvalue weighted by atomic mass is 16.3. The molecule has 2 atom stereocenters. The van der Waals surface area contributed by atoms with Gasteiger partial charge < -0.3 is 16.6 Å². The third-order valence-electron chi connectivity index (χ3n) is 2.73. The maximum atomic E-state index is 10.7. The van der Waals surface area contributed by atoms with Crippen LogP contribution >= 0.6 is 0 Å². The maximum absolute atomic E-state index is 10.7. The molecule has 1 aromatic carbocycles. The molecule has 5 N–H and O–H groups in total. The molecule has 100 valence electrons. The fraction of sp³-hybridized carbons (Fsp3) is 0.462. The second-order valence-electron chi connectivity index (χ2n) is 4.58. The largest absolute Gasteiger partial charge is 0.390 e. The van der Waals surface area contributed by atoms with Crippen LogP contribution < -0.4 is 11.5 Å². The van der Waals surface area contributed by atoms with Crippen LogP contribution in [0.25, 0.3) is 0 Å². The highest BCUT2D eigenvalue weighted by Crippen LogP contribution is 2.05. The molecule has 0 radical (unpaired) electrons. The number of rotatable bonds is 7. The minimum absolute atomic E-state index is 0.120. The van der Waals surface area contributed by atoms with Crippen LogP contribution in [0.4, 0.5) is 0 Å². The Kier molecular flexibility index (Phi) is 5.77. The van der Waals surface area contributed by atoms with Crippen molar-refractivity contribution in [3.8, 4) is 0 Å². The molecule has 0 aromatic heterocycles. The zero-order chi connectivity index (χ0) is 13.5. The van der Waals surface area contributed by atoms with Crippen LogP contribution in [0.1, 0.15) is 5.56 Å². The summed E-state index contributed by atoms with van der Waals surface area (Å²) in [5.74, 6) is -0.415. The molecule has 18 heavy (non-hydrogen) atoms. The normalized spacial score (nSPS) is 14.4. The summed E-state index contributed by atoms with van der Waals surface area (Å²) in [6.07, 6.45) is -0.0820. The Labute approximate surface area is 107 Å². The molecule has 1 aromatic rings. The zero-order valence-electron chi connectivity index (χ0n) is 10.6. The molecule has 5 nitrogen and oxygen atoms in total. The molecule has 0 fully saturated rings. The fourth-order valence-corrected chi connectivity index (χ4v) is 1.81. The first-order chi connectivity index (χ1) is 8.49. The second-order valence-corrected chi connectivity index (χ2v) is 4.58. The summed E-state index contributed by atoms with van der Waals surface area (Å²) in [5, 5.41) is 9.94. The molecular formula is C13H21N3O2. The van der Waals surface area contributed by atoms with Crippen LogP contribution in [0.15, 0.2) is 30.3 Å². The Bertz CT molecular complexity index is 370. The lowest BCUT2D eigenvalue weighted by Gasteiger charge is -2.23. The van der Waals surface area contributed by atoms with E-state index in [9.17, 15) is 9.90 Å². The number of nitrogens with two attached hydrogens (primary N) is 2. The van der Waals surface area contributed by atoms with Crippen molar-refractivity contribution < 1.29 is 9.90 Å². The summed E-state index contributed by atoms with van der Waals surface area (Å²) in [6.45, 7) is 0.450. The lowest BCUT2D eigenvalue weighted by molar-refractivity contribution is -0.119. The van der Waals surface area contributed by atoms with Crippen molar-refractivity contribution >= 4 is 5.91 Å². The third kappa shape index (κ3) is 5.27. The van der Waals surface area contributed by atoms with Gasteiger partial charge in [-0.15, -0.1) is 0 Å². The molecule has 0 bridgehead atoms. The van der Waals surface area contributed by atoms with Gasteiger partial charge in [0.25, 0.3) is 0 Å². The Morgan fingerprint density at radius 1 is 1.39 bits per heavy atom. The number of carbonyl (C=O) groups is 1. The van der Waals surface area contributed by atoms with Gasteiger partial charge in [0.05, 0.1) is 12.6 Å². The van der Waals surface area contributed by atoms with Crippen molar-refractivity contribution in [2.24, 2.45) is 11.5 Å². The lowest BCUT2D eigenvalue weighted by atomic mass is 10.0. The van der Waals surface area contributed by atoms with Crippen LogP contribution in [-0.2, 0) is 11.2 Å². The molecule has 0 saturated heterocycles. The van der Waals surface area contributed by atoms with Gasteiger partial charge >= 0.3 is 0 Å². The van der Waals surface area contributed by atoms with E-state index in [-0.39, 0.29) is 12.6 Å². The number of aliphatic hydroxyl groups excluding tert-OH is 1. The van der Waals surface area contributed by atoms with Crippen molar-refractivity contribution in [1.82, 2.24) is 4.90 Å². The third-order valence-corrected chi connectivity index (χ3v) is 2.73. The van der Waals surface area contributed by atoms with Gasteiger partial charge in [0.2, 0.25) is 5.91 Å². The van der Waals surface area contributed by atoms with Crippen molar-refractivity contribution in [2.75, 3.05) is 20.1 Å². The van der Waals surface area contributed by atoms with Gasteiger partial charge in [-0.1, -0.05) is 30.3 Å². The summed E-state index contributed by atoms with van der Waals surface area (Å²) in [7, 11) is 1.73. The fourth-order valence-electron chi connectivity index (χ4n) is 1.81. The second kappa shape index (κ2) is 7.10. The summed E-state index contributed by atoms with van der Waals surface area (Å²) >= 11 is 0. The Hall–Kier alpha value is -1.43. The number of aliphatic hydroxyl groups is 1. The van der Waals surface area contributed by atoms with E-state index < -0.39 is 12.0 Å². The van der Waals surface area contributed by atoms with E-state index in [1.807, 2.05) is 30.3 Å². The van der Waals surface area contributed by atoms with E-state index in [2.05, 4.69) is 0 Å². The molecular weight excluding hydrogens is 230 g/mol. The first-order valence-electron chi connectivity index (χ1n) is 5.93. The molecule has 1 rings (SSSR count). The van der Waals surface area contributed by atoms with E-state index in [4.69, 9.17) is 11.5 Å². The standard InChI is InChI=1S/C13H21N3O2/c1-16(9-13(15)18)8-12(17)11(14)7-10-5-3-2-4-6-10/h2-6,11-12,17H,7-9,14H2,1H3,(H2,15,18). The molecule has 1 amide bonds. The average molecular weight is 251 g/mol. The summed E-state index contributed by atoms with van der Waals surface area (Å²) in [4.78, 5) is 12.4. The Morgan fingerprint density at radius 3 is 2.56 bits per heavy atom. The van der Waals surface area contributed by atoms with Crippen LogP contribution in [-0.4, -0.2) is 48.2 Å². The van der Waals surface area contributed by atoms with E-state index in [0.29, 0.717) is 13.0 Å². The van der Waals surface area contributed by atoms with Crippen molar-refractivity contribution in [1.29, 1.82) is 0 Å². The molecule has 0 aliphatic carbocycles. The van der Waals surface area contributed by atoms with Crippen LogP contribution in [0.2, 0.25) is 0 Å². The van der Waals surface area contributed by atoms with Crippen LogP contribution in [0.5, 0.6) is 0 Å². The lowest BCUT2D eigenvalue weighted by Crippen LogP contribution is -2.45. The minimum Gasteiger partial charge on any atom is -0.390 e. The number of hydrogen-bond donors (Lipinski definition) is 3. The zero-order valence-corrected chi connectivity index (χ0v) is 10.6. The van der Waals surface area contributed by atoms with Crippen LogP contribution in [0, 0.1) is 0 Å². The van der Waals surface area contributed by atoms with Gasteiger partial charge in [-0.25, -0.2) is 0 Å². The molecule has 0 saturated carbocycles. The van der Waals surface area contributed by atoms with E-state index in [1.54, 1.807) is 11.9 Å². The predicted molar refractivity (Wildman–Crippen MR) is 70.8 cm³/mol. The van der Waals surface area contributed by atoms with Gasteiger partial charge in [-0.05, 0) is 19.0 Å². The van der Waals surface area contributed by atoms with Gasteiger partial charge in [-0.2, -0.15) is 0 Å². The number of primary amides is 1. The highest BCUT2D eigenvalue weighted by molar-refractivity contribution is 5.75. The maximum Gasteiger partial charge on any atom is 0.231 e. The average Bonchev–Trinajstić information content (AvgIpc) is 2.28. The summed E-state index contributed by atoms with van der Waals surface area (Å²) < 4.78 is 0. The van der Waals surface area contributed by atoms with E-state index >= 15 is 0 Å². The first-order valence-corrected chi connectivity index (χ1v) is 5.93. The Balaban J connectivity index is 2.41. The monoisotopic (exact) mass is 251 g/mol. The number of carbonyl (C=O) groups excluding carboxylic acids is 1. The van der Waals surface area contributed by atoms with Crippen LogP contribution in [0.3, 0.4) is 0 Å². The number of likely N-dealkylation sites (N-methyl/N-ethyl adjacent to an activating group) is 1. The minimum atomic E-state index is -0.686. The highest BCUT2D eigenvalue weighted by Gasteiger charge is 2.17.